The smallest absolute Gasteiger partial charge is 0.294 e. The van der Waals surface area contributed by atoms with Crippen LogP contribution in [0, 0.1) is 21.4 Å². The Labute approximate surface area is 94.6 Å². The molecule has 0 aromatic heterocycles. The first-order chi connectivity index (χ1) is 7.43. The van der Waals surface area contributed by atoms with E-state index in [1.54, 1.807) is 6.21 Å². The second-order valence-electron chi connectivity index (χ2n) is 4.37. The Morgan fingerprint density at radius 2 is 2.31 bits per heavy atom. The Kier molecular flexibility index (Phi) is 3.82. The fourth-order valence-electron chi connectivity index (χ4n) is 1.29. The highest BCUT2D eigenvalue weighted by Gasteiger charge is 2.22. The molecule has 0 spiro atoms. The normalized spacial score (nSPS) is 24.1. The number of allylic oxidation sites excluding steroid dienone is 3. The molecule has 0 radical (unpaired) electrons. The quantitative estimate of drug-likeness (QED) is 0.544. The Morgan fingerprint density at radius 1 is 1.62 bits per heavy atom. The van der Waals surface area contributed by atoms with Gasteiger partial charge in [-0.25, -0.2) is 0 Å². The highest BCUT2D eigenvalue weighted by molar-refractivity contribution is 5.70. The van der Waals surface area contributed by atoms with Crippen molar-refractivity contribution in [2.75, 3.05) is 6.61 Å². The Bertz CT molecular complexity index is 358. The van der Waals surface area contributed by atoms with E-state index in [0.29, 0.717) is 5.92 Å². The Balaban J connectivity index is 2.73. The van der Waals surface area contributed by atoms with Gasteiger partial charge in [0.1, 0.15) is 6.61 Å². The summed E-state index contributed by atoms with van der Waals surface area (Å²) in [5.74, 6) is 0.333. The zero-order chi connectivity index (χ0) is 12.2. The Morgan fingerprint density at radius 3 is 2.88 bits per heavy atom. The zero-order valence-electron chi connectivity index (χ0n) is 9.71. The van der Waals surface area contributed by atoms with Gasteiger partial charge in [-0.2, -0.15) is 0 Å². The van der Waals surface area contributed by atoms with E-state index in [4.69, 9.17) is 0 Å². The van der Waals surface area contributed by atoms with E-state index in [-0.39, 0.29) is 6.61 Å². The molecule has 5 nitrogen and oxygen atoms in total. The average Bonchev–Trinajstić information content (AvgIpc) is 2.38. The minimum absolute atomic E-state index is 0.0147. The summed E-state index contributed by atoms with van der Waals surface area (Å²) in [7, 11) is 0. The molecule has 5 heteroatoms. The first-order valence-corrected chi connectivity index (χ1v) is 5.15. The van der Waals surface area contributed by atoms with Crippen molar-refractivity contribution >= 4 is 6.21 Å². The van der Waals surface area contributed by atoms with Crippen LogP contribution in [0.2, 0.25) is 0 Å². The number of aliphatic imine (C=N–C) groups is 1. The van der Waals surface area contributed by atoms with E-state index >= 15 is 0 Å². The summed E-state index contributed by atoms with van der Waals surface area (Å²) in [5, 5.41) is 9.36. The molecule has 1 rings (SSSR count). The van der Waals surface area contributed by atoms with Crippen LogP contribution in [-0.2, 0) is 4.84 Å². The van der Waals surface area contributed by atoms with Crippen LogP contribution in [0.1, 0.15) is 20.8 Å². The molecule has 1 aliphatic rings. The van der Waals surface area contributed by atoms with Crippen LogP contribution >= 0.6 is 0 Å². The lowest BCUT2D eigenvalue weighted by atomic mass is 9.93. The molecule has 0 aromatic carbocycles. The second kappa shape index (κ2) is 4.92. The molecule has 0 saturated heterocycles. The van der Waals surface area contributed by atoms with Gasteiger partial charge in [0.15, 0.2) is 0 Å². The maximum atomic E-state index is 10.1. The fraction of sp³-hybridized carbons (Fsp3) is 0.545. The van der Waals surface area contributed by atoms with Crippen LogP contribution in [0.5, 0.6) is 0 Å². The molecule has 1 unspecified atom stereocenters. The van der Waals surface area contributed by atoms with Gasteiger partial charge >= 0.3 is 0 Å². The maximum Gasteiger partial charge on any atom is 0.294 e. The Hall–Kier alpha value is -1.65. The first kappa shape index (κ1) is 12.4. The SMILES string of the molecule is CC(C)C1=CC=CC(C)(CO[N+](=O)[O-])C=N1. The van der Waals surface area contributed by atoms with Gasteiger partial charge in [0.25, 0.3) is 5.09 Å². The number of nitrogens with zero attached hydrogens (tertiary/aromatic N) is 2. The average molecular weight is 224 g/mol. The largest absolute Gasteiger partial charge is 0.313 e. The summed E-state index contributed by atoms with van der Waals surface area (Å²) < 4.78 is 0. The molecular formula is C11H16N2O3. The second-order valence-corrected chi connectivity index (χ2v) is 4.37. The van der Waals surface area contributed by atoms with Crippen LogP contribution in [-0.4, -0.2) is 17.9 Å². The maximum absolute atomic E-state index is 10.1. The first-order valence-electron chi connectivity index (χ1n) is 5.15. The van der Waals surface area contributed by atoms with Crippen LogP contribution in [0.3, 0.4) is 0 Å². The van der Waals surface area contributed by atoms with Gasteiger partial charge in [0.2, 0.25) is 0 Å². The van der Waals surface area contributed by atoms with Gasteiger partial charge < -0.3 is 4.84 Å². The highest BCUT2D eigenvalue weighted by Crippen LogP contribution is 2.22. The van der Waals surface area contributed by atoms with E-state index in [2.05, 4.69) is 9.83 Å². The molecule has 0 aliphatic carbocycles. The zero-order valence-corrected chi connectivity index (χ0v) is 9.71. The molecule has 16 heavy (non-hydrogen) atoms. The molecule has 88 valence electrons. The van der Waals surface area contributed by atoms with Crippen LogP contribution in [0.4, 0.5) is 0 Å². The topological polar surface area (TPSA) is 64.7 Å². The predicted molar refractivity (Wildman–Crippen MR) is 61.6 cm³/mol. The van der Waals surface area contributed by atoms with E-state index in [0.717, 1.165) is 5.70 Å². The van der Waals surface area contributed by atoms with Crippen molar-refractivity contribution in [2.24, 2.45) is 16.3 Å². The van der Waals surface area contributed by atoms with Gasteiger partial charge in [0.05, 0.1) is 0 Å². The van der Waals surface area contributed by atoms with Crippen molar-refractivity contribution in [3.63, 3.8) is 0 Å². The van der Waals surface area contributed by atoms with Crippen LogP contribution in [0.15, 0.2) is 28.9 Å². The van der Waals surface area contributed by atoms with Crippen LogP contribution < -0.4 is 0 Å². The molecule has 0 saturated carbocycles. The summed E-state index contributed by atoms with van der Waals surface area (Å²) in [5.41, 5.74) is 0.432. The minimum Gasteiger partial charge on any atom is -0.313 e. The van der Waals surface area contributed by atoms with Crippen molar-refractivity contribution < 1.29 is 9.92 Å². The number of hydrogen-bond donors (Lipinski definition) is 0. The summed E-state index contributed by atoms with van der Waals surface area (Å²) >= 11 is 0. The van der Waals surface area contributed by atoms with Crippen molar-refractivity contribution in [1.29, 1.82) is 0 Å². The molecule has 0 aromatic rings. The third-order valence-electron chi connectivity index (χ3n) is 2.32. The summed E-state index contributed by atoms with van der Waals surface area (Å²) in [6.45, 7) is 5.92. The molecule has 0 fully saturated rings. The lowest BCUT2D eigenvalue weighted by molar-refractivity contribution is -0.759. The predicted octanol–water partition coefficient (Wildman–Crippen LogP) is 2.38. The van der Waals surface area contributed by atoms with Gasteiger partial charge in [-0.1, -0.05) is 26.0 Å². The van der Waals surface area contributed by atoms with Crippen molar-refractivity contribution in [2.45, 2.75) is 20.8 Å². The fourth-order valence-corrected chi connectivity index (χ4v) is 1.29. The van der Waals surface area contributed by atoms with Gasteiger partial charge in [0, 0.05) is 17.3 Å². The molecule has 1 aliphatic heterocycles. The minimum atomic E-state index is -0.783. The third-order valence-corrected chi connectivity index (χ3v) is 2.32. The highest BCUT2D eigenvalue weighted by atomic mass is 16.9. The van der Waals surface area contributed by atoms with E-state index < -0.39 is 10.5 Å². The summed E-state index contributed by atoms with van der Waals surface area (Å²) in [6.07, 6.45) is 7.34. The molecule has 1 heterocycles. The molecule has 0 N–H and O–H groups in total. The van der Waals surface area contributed by atoms with Gasteiger partial charge in [-0.05, 0) is 18.9 Å². The number of rotatable bonds is 4. The molecule has 1 atom stereocenters. The summed E-state index contributed by atoms with van der Waals surface area (Å²) in [4.78, 5) is 18.9. The molecule has 0 amide bonds. The van der Waals surface area contributed by atoms with E-state index in [1.165, 1.54) is 0 Å². The van der Waals surface area contributed by atoms with Gasteiger partial charge in [-0.15, -0.1) is 10.1 Å². The molecular weight excluding hydrogens is 208 g/mol. The standard InChI is InChI=1S/C11H16N2O3/c1-9(2)10-5-4-6-11(3,7-12-10)8-16-13(14)15/h4-7,9H,8H2,1-3H3. The number of hydrogen-bond acceptors (Lipinski definition) is 4. The molecule has 0 bridgehead atoms. The lowest BCUT2D eigenvalue weighted by Gasteiger charge is -2.18. The third kappa shape index (κ3) is 3.49. The van der Waals surface area contributed by atoms with Crippen LogP contribution in [0.25, 0.3) is 0 Å². The van der Waals surface area contributed by atoms with E-state index in [1.807, 2.05) is 39.0 Å². The summed E-state index contributed by atoms with van der Waals surface area (Å²) in [6, 6.07) is 0. The lowest BCUT2D eigenvalue weighted by Crippen LogP contribution is -2.24. The van der Waals surface area contributed by atoms with Gasteiger partial charge in [-0.3, -0.25) is 4.99 Å². The van der Waals surface area contributed by atoms with Crippen molar-refractivity contribution in [1.82, 2.24) is 0 Å². The van der Waals surface area contributed by atoms with Crippen molar-refractivity contribution in [3.05, 3.63) is 34.0 Å². The van der Waals surface area contributed by atoms with E-state index in [9.17, 15) is 10.1 Å². The monoisotopic (exact) mass is 224 g/mol. The van der Waals surface area contributed by atoms with Crippen molar-refractivity contribution in [3.8, 4) is 0 Å².